The highest BCUT2D eigenvalue weighted by molar-refractivity contribution is 5.94. The van der Waals surface area contributed by atoms with Gasteiger partial charge in [0.25, 0.3) is 11.5 Å². The molecule has 1 unspecified atom stereocenters. The Morgan fingerprint density at radius 2 is 1.78 bits per heavy atom. The Bertz CT molecular complexity index is 1350. The van der Waals surface area contributed by atoms with Crippen LogP contribution in [0.5, 0.6) is 0 Å². The molecule has 0 saturated heterocycles. The summed E-state index contributed by atoms with van der Waals surface area (Å²) in [7, 11) is 0. The Morgan fingerprint density at radius 3 is 2.47 bits per heavy atom. The van der Waals surface area contributed by atoms with Gasteiger partial charge in [-0.25, -0.2) is 9.37 Å². The van der Waals surface area contributed by atoms with Gasteiger partial charge in [0.05, 0.1) is 22.6 Å². The average Bonchev–Trinajstić information content (AvgIpc) is 2.79. The van der Waals surface area contributed by atoms with Crippen molar-refractivity contribution in [2.75, 3.05) is 6.54 Å². The molecule has 4 aromatic rings. The molecule has 0 saturated carbocycles. The fourth-order valence-corrected chi connectivity index (χ4v) is 3.94. The van der Waals surface area contributed by atoms with Crippen molar-refractivity contribution in [3.05, 3.63) is 106 Å². The summed E-state index contributed by atoms with van der Waals surface area (Å²) < 4.78 is 14.9. The van der Waals surface area contributed by atoms with E-state index in [2.05, 4.69) is 0 Å². The minimum atomic E-state index is -0.504. The standard InChI is InChI=1S/C26H24FN3O2/c1-4-29(25(31)19-12-14-20(27)15-13-19)18(3)24-28-23-11-6-5-10-22(23)26(32)30(24)21-9-7-8-17(2)16-21/h5-16,18H,4H2,1-3H3. The lowest BCUT2D eigenvalue weighted by atomic mass is 10.1. The van der Waals surface area contributed by atoms with Gasteiger partial charge in [-0.3, -0.25) is 14.2 Å². The summed E-state index contributed by atoms with van der Waals surface area (Å²) in [5, 5.41) is 0.512. The molecule has 0 fully saturated rings. The molecule has 0 aliphatic heterocycles. The molecule has 32 heavy (non-hydrogen) atoms. The van der Waals surface area contributed by atoms with Gasteiger partial charge in [-0.2, -0.15) is 0 Å². The van der Waals surface area contributed by atoms with Gasteiger partial charge in [0.1, 0.15) is 11.6 Å². The van der Waals surface area contributed by atoms with E-state index in [1.165, 1.54) is 24.3 Å². The predicted molar refractivity (Wildman–Crippen MR) is 124 cm³/mol. The average molecular weight is 429 g/mol. The highest BCUT2D eigenvalue weighted by Gasteiger charge is 2.26. The molecule has 162 valence electrons. The van der Waals surface area contributed by atoms with Crippen LogP contribution in [0.15, 0.2) is 77.6 Å². The summed E-state index contributed by atoms with van der Waals surface area (Å²) in [4.78, 5) is 33.2. The summed E-state index contributed by atoms with van der Waals surface area (Å²) >= 11 is 0. The van der Waals surface area contributed by atoms with Crippen LogP contribution in [0.1, 0.15) is 41.6 Å². The SMILES string of the molecule is CCN(C(=O)c1ccc(F)cc1)C(C)c1nc2ccccc2c(=O)n1-c1cccc(C)c1. The van der Waals surface area contributed by atoms with Gasteiger partial charge in [-0.05, 0) is 74.9 Å². The normalized spacial score (nSPS) is 12.0. The fourth-order valence-electron chi connectivity index (χ4n) is 3.94. The molecule has 0 aliphatic rings. The topological polar surface area (TPSA) is 55.2 Å². The van der Waals surface area contributed by atoms with Crippen molar-refractivity contribution in [3.8, 4) is 5.69 Å². The Morgan fingerprint density at radius 1 is 1.06 bits per heavy atom. The molecular weight excluding hydrogens is 405 g/mol. The van der Waals surface area contributed by atoms with Crippen molar-refractivity contribution in [1.82, 2.24) is 14.5 Å². The first-order chi connectivity index (χ1) is 15.4. The molecule has 6 heteroatoms. The molecule has 1 atom stereocenters. The number of hydrogen-bond acceptors (Lipinski definition) is 3. The van der Waals surface area contributed by atoms with Crippen LogP contribution < -0.4 is 5.56 Å². The maximum atomic E-state index is 13.5. The first-order valence-electron chi connectivity index (χ1n) is 10.6. The van der Waals surface area contributed by atoms with E-state index in [-0.39, 0.29) is 11.5 Å². The van der Waals surface area contributed by atoms with Crippen molar-refractivity contribution in [2.45, 2.75) is 26.8 Å². The minimum absolute atomic E-state index is 0.187. The number of para-hydroxylation sites is 1. The largest absolute Gasteiger partial charge is 0.329 e. The quantitative estimate of drug-likeness (QED) is 0.446. The van der Waals surface area contributed by atoms with E-state index in [0.29, 0.717) is 34.5 Å². The Balaban J connectivity index is 1.90. The van der Waals surface area contributed by atoms with Crippen LogP contribution in [-0.2, 0) is 0 Å². The number of aromatic nitrogens is 2. The third-order valence-electron chi connectivity index (χ3n) is 5.60. The first-order valence-corrected chi connectivity index (χ1v) is 10.6. The molecule has 0 spiro atoms. The smallest absolute Gasteiger partial charge is 0.266 e. The summed E-state index contributed by atoms with van der Waals surface area (Å²) in [6.45, 7) is 6.08. The lowest BCUT2D eigenvalue weighted by molar-refractivity contribution is 0.0693. The Hall–Kier alpha value is -3.80. The van der Waals surface area contributed by atoms with Crippen LogP contribution in [0.3, 0.4) is 0 Å². The number of fused-ring (bicyclic) bond motifs is 1. The van der Waals surface area contributed by atoms with Crippen LogP contribution in [0, 0.1) is 12.7 Å². The molecule has 1 amide bonds. The molecule has 3 aromatic carbocycles. The third-order valence-corrected chi connectivity index (χ3v) is 5.60. The van der Waals surface area contributed by atoms with Crippen molar-refractivity contribution in [2.24, 2.45) is 0 Å². The zero-order valence-electron chi connectivity index (χ0n) is 18.2. The van der Waals surface area contributed by atoms with E-state index in [4.69, 9.17) is 4.98 Å². The second-order valence-corrected chi connectivity index (χ2v) is 7.74. The van der Waals surface area contributed by atoms with Crippen molar-refractivity contribution >= 4 is 16.8 Å². The zero-order chi connectivity index (χ0) is 22.8. The number of aryl methyl sites for hydroxylation is 1. The lowest BCUT2D eigenvalue weighted by Crippen LogP contribution is -2.37. The molecular formula is C26H24FN3O2. The van der Waals surface area contributed by atoms with Crippen LogP contribution in [0.25, 0.3) is 16.6 Å². The van der Waals surface area contributed by atoms with Gasteiger partial charge in [-0.15, -0.1) is 0 Å². The van der Waals surface area contributed by atoms with Crippen LogP contribution in [0.2, 0.25) is 0 Å². The number of carbonyl (C=O) groups excluding carboxylic acids is 1. The molecule has 0 N–H and O–H groups in total. The van der Waals surface area contributed by atoms with Crippen molar-refractivity contribution < 1.29 is 9.18 Å². The molecule has 0 radical (unpaired) electrons. The van der Waals surface area contributed by atoms with E-state index in [1.807, 2.05) is 57.2 Å². The zero-order valence-corrected chi connectivity index (χ0v) is 18.2. The maximum Gasteiger partial charge on any atom is 0.266 e. The first kappa shape index (κ1) is 21.4. The minimum Gasteiger partial charge on any atom is -0.329 e. The number of halogens is 1. The number of carbonyl (C=O) groups is 1. The molecule has 0 aliphatic carbocycles. The monoisotopic (exact) mass is 429 g/mol. The Kier molecular flexibility index (Phi) is 5.86. The van der Waals surface area contributed by atoms with E-state index in [0.717, 1.165) is 5.56 Å². The second-order valence-electron chi connectivity index (χ2n) is 7.74. The molecule has 1 heterocycles. The van der Waals surface area contributed by atoms with E-state index < -0.39 is 11.9 Å². The predicted octanol–water partition coefficient (Wildman–Crippen LogP) is 5.06. The summed E-state index contributed by atoms with van der Waals surface area (Å²) in [5.74, 6) is -0.183. The third kappa shape index (κ3) is 3.91. The van der Waals surface area contributed by atoms with Gasteiger partial charge >= 0.3 is 0 Å². The van der Waals surface area contributed by atoms with Gasteiger partial charge in [0, 0.05) is 12.1 Å². The lowest BCUT2D eigenvalue weighted by Gasteiger charge is -2.29. The van der Waals surface area contributed by atoms with E-state index >= 15 is 0 Å². The van der Waals surface area contributed by atoms with Crippen molar-refractivity contribution in [3.63, 3.8) is 0 Å². The van der Waals surface area contributed by atoms with Crippen LogP contribution >= 0.6 is 0 Å². The van der Waals surface area contributed by atoms with Gasteiger partial charge in [0.15, 0.2) is 0 Å². The maximum absolute atomic E-state index is 13.5. The highest BCUT2D eigenvalue weighted by Crippen LogP contribution is 2.24. The second kappa shape index (κ2) is 8.75. The van der Waals surface area contributed by atoms with E-state index in [1.54, 1.807) is 21.6 Å². The number of benzene rings is 3. The number of amides is 1. The summed E-state index contributed by atoms with van der Waals surface area (Å²) in [6, 6.07) is 19.8. The molecule has 0 bridgehead atoms. The van der Waals surface area contributed by atoms with Crippen molar-refractivity contribution in [1.29, 1.82) is 0 Å². The number of rotatable bonds is 5. The van der Waals surface area contributed by atoms with E-state index in [9.17, 15) is 14.0 Å². The van der Waals surface area contributed by atoms with Gasteiger partial charge < -0.3 is 4.90 Å². The Labute approximate surface area is 185 Å². The van der Waals surface area contributed by atoms with Gasteiger partial charge in [0.2, 0.25) is 0 Å². The van der Waals surface area contributed by atoms with Gasteiger partial charge in [-0.1, -0.05) is 24.3 Å². The highest BCUT2D eigenvalue weighted by atomic mass is 19.1. The summed E-state index contributed by atoms with van der Waals surface area (Å²) in [5.41, 5.74) is 2.48. The fraction of sp³-hybridized carbons (Fsp3) is 0.192. The molecule has 5 nitrogen and oxygen atoms in total. The number of nitrogens with zero attached hydrogens (tertiary/aromatic N) is 3. The van der Waals surface area contributed by atoms with Crippen LogP contribution in [-0.4, -0.2) is 26.9 Å². The number of hydrogen-bond donors (Lipinski definition) is 0. The molecule has 4 rings (SSSR count). The summed E-state index contributed by atoms with van der Waals surface area (Å²) in [6.07, 6.45) is 0. The van der Waals surface area contributed by atoms with Crippen LogP contribution in [0.4, 0.5) is 4.39 Å². The molecule has 1 aromatic heterocycles.